The number of hydrogen-bond acceptors (Lipinski definition) is 2. The molecule has 2 heteroatoms. The molecule has 1 aliphatic carbocycles. The Hall–Kier alpha value is -0.500. The Morgan fingerprint density at radius 1 is 1.05 bits per heavy atom. The Kier molecular flexibility index (Phi) is 5.58. The number of hydrogen-bond donors (Lipinski definition) is 1. The van der Waals surface area contributed by atoms with Crippen LogP contribution in [-0.2, 0) is 4.74 Å². The van der Waals surface area contributed by atoms with Crippen molar-refractivity contribution in [2.75, 3.05) is 0 Å². The van der Waals surface area contributed by atoms with Gasteiger partial charge in [0.25, 0.3) is 0 Å². The van der Waals surface area contributed by atoms with Crippen molar-refractivity contribution < 1.29 is 9.84 Å². The van der Waals surface area contributed by atoms with E-state index in [1.165, 1.54) is 0 Å². The van der Waals surface area contributed by atoms with E-state index in [0.29, 0.717) is 29.4 Å². The highest BCUT2D eigenvalue weighted by atomic mass is 16.5. The van der Waals surface area contributed by atoms with E-state index in [4.69, 9.17) is 4.74 Å². The molecule has 0 aromatic rings. The minimum absolute atomic E-state index is 0.0652. The molecule has 2 atom stereocenters. The summed E-state index contributed by atoms with van der Waals surface area (Å²) in [4.78, 5) is 0. The summed E-state index contributed by atoms with van der Waals surface area (Å²) in [5.41, 5.74) is -0.680. The lowest BCUT2D eigenvalue weighted by Crippen LogP contribution is -2.62. The largest absolute Gasteiger partial charge is 0.510 e. The van der Waals surface area contributed by atoms with E-state index in [2.05, 4.69) is 62.3 Å². The highest BCUT2D eigenvalue weighted by Gasteiger charge is 2.61. The van der Waals surface area contributed by atoms with Crippen LogP contribution < -0.4 is 0 Å². The van der Waals surface area contributed by atoms with Gasteiger partial charge < -0.3 is 9.84 Å². The quantitative estimate of drug-likeness (QED) is 0.717. The molecular formula is C19H36O2. The van der Waals surface area contributed by atoms with Gasteiger partial charge in [-0.2, -0.15) is 0 Å². The van der Waals surface area contributed by atoms with Crippen LogP contribution >= 0.6 is 0 Å². The summed E-state index contributed by atoms with van der Waals surface area (Å²) in [6, 6.07) is 0. The zero-order chi connectivity index (χ0) is 16.6. The van der Waals surface area contributed by atoms with Crippen LogP contribution in [0.4, 0.5) is 0 Å². The maximum Gasteiger partial charge on any atom is 0.128 e. The minimum Gasteiger partial charge on any atom is -0.510 e. The number of ether oxygens (including phenoxy) is 1. The minimum atomic E-state index is -0.614. The molecule has 0 heterocycles. The van der Waals surface area contributed by atoms with E-state index in [1.54, 1.807) is 0 Å². The van der Waals surface area contributed by atoms with Crippen molar-refractivity contribution in [1.82, 2.24) is 0 Å². The Balaban J connectivity index is 3.59. The van der Waals surface area contributed by atoms with Gasteiger partial charge in [0.2, 0.25) is 0 Å². The molecule has 1 rings (SSSR count). The molecule has 2 nitrogen and oxygen atoms in total. The first-order valence-electron chi connectivity index (χ1n) is 8.59. The molecule has 0 aliphatic heterocycles. The second-order valence-corrected chi connectivity index (χ2v) is 8.12. The van der Waals surface area contributed by atoms with E-state index in [1.807, 2.05) is 6.08 Å². The van der Waals surface area contributed by atoms with Crippen molar-refractivity contribution in [1.29, 1.82) is 0 Å². The first-order valence-corrected chi connectivity index (χ1v) is 8.59. The van der Waals surface area contributed by atoms with Crippen LogP contribution in [0.1, 0.15) is 68.7 Å². The van der Waals surface area contributed by atoms with Gasteiger partial charge in [-0.25, -0.2) is 0 Å². The predicted molar refractivity (Wildman–Crippen MR) is 90.4 cm³/mol. The van der Waals surface area contributed by atoms with Gasteiger partial charge in [0.15, 0.2) is 0 Å². The summed E-state index contributed by atoms with van der Waals surface area (Å²) in [6.45, 7) is 20.0. The van der Waals surface area contributed by atoms with Crippen molar-refractivity contribution in [3.63, 3.8) is 0 Å². The number of aliphatic hydroxyl groups excluding tert-OH is 1. The second-order valence-electron chi connectivity index (χ2n) is 8.12. The van der Waals surface area contributed by atoms with E-state index >= 15 is 0 Å². The molecular weight excluding hydrogens is 260 g/mol. The molecule has 1 unspecified atom stereocenters. The van der Waals surface area contributed by atoms with Gasteiger partial charge in [0.1, 0.15) is 11.4 Å². The van der Waals surface area contributed by atoms with Crippen molar-refractivity contribution in [2.45, 2.75) is 80.4 Å². The van der Waals surface area contributed by atoms with Gasteiger partial charge in [-0.15, -0.1) is 0 Å². The molecule has 0 saturated heterocycles. The molecule has 0 amide bonds. The third kappa shape index (κ3) is 2.76. The summed E-state index contributed by atoms with van der Waals surface area (Å²) in [5, 5.41) is 10.7. The number of allylic oxidation sites excluding steroid dienone is 1. The first-order chi connectivity index (χ1) is 9.51. The van der Waals surface area contributed by atoms with Crippen molar-refractivity contribution in [2.24, 2.45) is 29.1 Å². The number of rotatable bonds is 5. The summed E-state index contributed by atoms with van der Waals surface area (Å²) in [5.74, 6) is 2.37. The lowest BCUT2D eigenvalue weighted by Gasteiger charge is -2.60. The third-order valence-electron chi connectivity index (χ3n) is 5.68. The summed E-state index contributed by atoms with van der Waals surface area (Å²) < 4.78 is 6.39. The van der Waals surface area contributed by atoms with E-state index in [-0.39, 0.29) is 11.5 Å². The van der Waals surface area contributed by atoms with Crippen LogP contribution in [0.25, 0.3) is 0 Å². The Morgan fingerprint density at radius 3 is 1.86 bits per heavy atom. The maximum atomic E-state index is 10.7. The van der Waals surface area contributed by atoms with E-state index in [9.17, 15) is 5.11 Å². The lowest BCUT2D eigenvalue weighted by molar-refractivity contribution is -0.214. The average Bonchev–Trinajstić information content (AvgIpc) is 2.29. The molecule has 1 aliphatic rings. The van der Waals surface area contributed by atoms with Crippen LogP contribution in [-0.4, -0.2) is 16.8 Å². The van der Waals surface area contributed by atoms with Gasteiger partial charge in [-0.1, -0.05) is 41.5 Å². The predicted octanol–water partition coefficient (Wildman–Crippen LogP) is 5.59. The molecule has 0 aromatic carbocycles. The highest BCUT2D eigenvalue weighted by molar-refractivity contribution is 5.24. The lowest BCUT2D eigenvalue weighted by atomic mass is 9.48. The Labute approximate surface area is 132 Å². The fraction of sp³-hybridized carbons (Fsp3) is 0.895. The fourth-order valence-electron chi connectivity index (χ4n) is 5.29. The van der Waals surface area contributed by atoms with Gasteiger partial charge in [-0.3, -0.25) is 0 Å². The fourth-order valence-corrected chi connectivity index (χ4v) is 5.29. The molecule has 1 N–H and O–H groups in total. The summed E-state index contributed by atoms with van der Waals surface area (Å²) in [6.07, 6.45) is 3.03. The summed E-state index contributed by atoms with van der Waals surface area (Å²) in [7, 11) is 0. The molecule has 0 aromatic heterocycles. The van der Waals surface area contributed by atoms with E-state index in [0.717, 1.165) is 6.42 Å². The normalized spacial score (nSPS) is 29.6. The van der Waals surface area contributed by atoms with Crippen LogP contribution in [0.15, 0.2) is 11.8 Å². The monoisotopic (exact) mass is 296 g/mol. The standard InChI is InChI=1S/C19H36O2/c1-12(2)16-10-11-17(20)18(9,21-15(7)8)19(16,13(3)4)14(5)6/h11-16,20H,10H2,1-9H3/t16?,18-/m0/s1. The van der Waals surface area contributed by atoms with Crippen LogP contribution in [0, 0.1) is 29.1 Å². The first kappa shape index (κ1) is 18.5. The van der Waals surface area contributed by atoms with Gasteiger partial charge in [-0.05, 0) is 56.9 Å². The molecule has 21 heavy (non-hydrogen) atoms. The zero-order valence-electron chi connectivity index (χ0n) is 15.5. The molecule has 0 radical (unpaired) electrons. The van der Waals surface area contributed by atoms with Crippen molar-refractivity contribution in [3.05, 3.63) is 11.8 Å². The van der Waals surface area contributed by atoms with Gasteiger partial charge >= 0.3 is 0 Å². The van der Waals surface area contributed by atoms with Gasteiger partial charge in [0.05, 0.1) is 6.10 Å². The van der Waals surface area contributed by atoms with Crippen LogP contribution in [0.5, 0.6) is 0 Å². The van der Waals surface area contributed by atoms with E-state index < -0.39 is 5.60 Å². The SMILES string of the molecule is CC(C)O[C@@]1(C)C(O)=CCC(C(C)C)C1(C(C)C)C(C)C. The Morgan fingerprint density at radius 2 is 1.52 bits per heavy atom. The number of aliphatic hydroxyl groups is 1. The third-order valence-corrected chi connectivity index (χ3v) is 5.68. The maximum absolute atomic E-state index is 10.7. The van der Waals surface area contributed by atoms with Crippen molar-refractivity contribution >= 4 is 0 Å². The topological polar surface area (TPSA) is 29.5 Å². The molecule has 0 fully saturated rings. The van der Waals surface area contributed by atoms with Crippen molar-refractivity contribution in [3.8, 4) is 0 Å². The zero-order valence-corrected chi connectivity index (χ0v) is 15.5. The summed E-state index contributed by atoms with van der Waals surface area (Å²) >= 11 is 0. The van der Waals surface area contributed by atoms with Gasteiger partial charge in [0, 0.05) is 5.41 Å². The molecule has 0 bridgehead atoms. The molecule has 0 spiro atoms. The van der Waals surface area contributed by atoms with Crippen LogP contribution in [0.2, 0.25) is 0 Å². The second kappa shape index (κ2) is 6.32. The molecule has 124 valence electrons. The average molecular weight is 296 g/mol. The highest BCUT2D eigenvalue weighted by Crippen LogP contribution is 2.60. The smallest absolute Gasteiger partial charge is 0.128 e. The molecule has 0 saturated carbocycles. The Bertz CT molecular complexity index is 371. The van der Waals surface area contributed by atoms with Crippen LogP contribution in [0.3, 0.4) is 0 Å².